The van der Waals surface area contributed by atoms with Crippen LogP contribution >= 0.6 is 39.1 Å². The van der Waals surface area contributed by atoms with E-state index in [2.05, 4.69) is 21.2 Å². The minimum absolute atomic E-state index is 0.0464. The molecule has 0 spiro atoms. The van der Waals surface area contributed by atoms with E-state index in [1.807, 2.05) is 0 Å². The van der Waals surface area contributed by atoms with Crippen LogP contribution in [0.25, 0.3) is 0 Å². The quantitative estimate of drug-likeness (QED) is 0.361. The van der Waals surface area contributed by atoms with Gasteiger partial charge in [0.05, 0.1) is 27.5 Å². The van der Waals surface area contributed by atoms with Crippen molar-refractivity contribution in [1.82, 2.24) is 9.62 Å². The van der Waals surface area contributed by atoms with Crippen molar-refractivity contribution in [1.29, 1.82) is 0 Å². The van der Waals surface area contributed by atoms with E-state index in [-0.39, 0.29) is 22.3 Å². The molecule has 1 atom stereocenters. The molecule has 3 aromatic rings. The molecule has 3 aromatic carbocycles. The fraction of sp³-hybridized carbons (Fsp3) is 0.174. The lowest BCUT2D eigenvalue weighted by Gasteiger charge is -2.23. The van der Waals surface area contributed by atoms with Gasteiger partial charge >= 0.3 is 0 Å². The first-order chi connectivity index (χ1) is 15.6. The zero-order chi connectivity index (χ0) is 24.2. The summed E-state index contributed by atoms with van der Waals surface area (Å²) < 4.78 is 41.7. The van der Waals surface area contributed by atoms with Crippen molar-refractivity contribution in [3.8, 4) is 0 Å². The van der Waals surface area contributed by atoms with Crippen LogP contribution in [0, 0.1) is 5.82 Å². The molecule has 5 nitrogen and oxygen atoms in total. The van der Waals surface area contributed by atoms with Crippen LogP contribution in [0.5, 0.6) is 0 Å². The highest BCUT2D eigenvalue weighted by Crippen LogP contribution is 2.26. The van der Waals surface area contributed by atoms with Gasteiger partial charge in [0.2, 0.25) is 15.9 Å². The third-order valence-corrected chi connectivity index (χ3v) is 7.94. The first-order valence-electron chi connectivity index (χ1n) is 9.81. The van der Waals surface area contributed by atoms with Gasteiger partial charge < -0.3 is 5.32 Å². The maximum absolute atomic E-state index is 13.4. The van der Waals surface area contributed by atoms with E-state index in [1.54, 1.807) is 49.4 Å². The Bertz CT molecular complexity index is 1240. The second kappa shape index (κ2) is 11.0. The van der Waals surface area contributed by atoms with E-state index in [4.69, 9.17) is 23.2 Å². The van der Waals surface area contributed by atoms with Crippen molar-refractivity contribution in [3.63, 3.8) is 0 Å². The number of amides is 1. The topological polar surface area (TPSA) is 66.5 Å². The van der Waals surface area contributed by atoms with E-state index in [9.17, 15) is 17.6 Å². The van der Waals surface area contributed by atoms with Crippen LogP contribution in [0.2, 0.25) is 10.0 Å². The Kier molecular flexibility index (Phi) is 8.53. The van der Waals surface area contributed by atoms with Gasteiger partial charge in [0, 0.05) is 11.0 Å². The van der Waals surface area contributed by atoms with E-state index < -0.39 is 28.5 Å². The first kappa shape index (κ1) is 25.6. The molecule has 0 aromatic heterocycles. The maximum Gasteiger partial charge on any atom is 0.243 e. The number of benzene rings is 3. The Balaban J connectivity index is 1.85. The average molecular weight is 574 g/mol. The van der Waals surface area contributed by atoms with E-state index in [1.165, 1.54) is 24.3 Å². The number of hydrogen-bond donors (Lipinski definition) is 1. The van der Waals surface area contributed by atoms with Gasteiger partial charge in [-0.1, -0.05) is 57.3 Å². The lowest BCUT2D eigenvalue weighted by molar-refractivity contribution is -0.122. The lowest BCUT2D eigenvalue weighted by Crippen LogP contribution is -2.41. The molecule has 33 heavy (non-hydrogen) atoms. The predicted octanol–water partition coefficient (Wildman–Crippen LogP) is 5.96. The molecule has 174 valence electrons. The van der Waals surface area contributed by atoms with Gasteiger partial charge in [0.15, 0.2) is 0 Å². The van der Waals surface area contributed by atoms with Crippen molar-refractivity contribution in [3.05, 3.63) is 98.2 Å². The molecule has 0 radical (unpaired) electrons. The molecule has 1 N–H and O–H groups in total. The van der Waals surface area contributed by atoms with Gasteiger partial charge in [-0.15, -0.1) is 0 Å². The lowest BCUT2D eigenvalue weighted by atomic mass is 10.1. The highest BCUT2D eigenvalue weighted by Gasteiger charge is 2.27. The van der Waals surface area contributed by atoms with Gasteiger partial charge in [-0.25, -0.2) is 12.8 Å². The van der Waals surface area contributed by atoms with Crippen molar-refractivity contribution in [2.24, 2.45) is 0 Å². The standard InChI is InChI=1S/C23H20BrCl2FN2O3S/c1-15(17-3-7-19(27)8-4-17)28-23(30)14-29(13-16-2-11-21(25)22(26)12-16)33(31,32)20-9-5-18(24)6-10-20/h2-12,15H,13-14H2,1H3,(H,28,30). The summed E-state index contributed by atoms with van der Waals surface area (Å²) in [4.78, 5) is 12.8. The zero-order valence-corrected chi connectivity index (χ0v) is 21.3. The summed E-state index contributed by atoms with van der Waals surface area (Å²) in [6, 6.07) is 16.2. The summed E-state index contributed by atoms with van der Waals surface area (Å²) in [6.45, 7) is 1.22. The number of carbonyl (C=O) groups excluding carboxylic acids is 1. The Morgan fingerprint density at radius 2 is 1.67 bits per heavy atom. The summed E-state index contributed by atoms with van der Waals surface area (Å²) in [7, 11) is -4.01. The zero-order valence-electron chi connectivity index (χ0n) is 17.4. The number of hydrogen-bond acceptors (Lipinski definition) is 3. The van der Waals surface area contributed by atoms with Gasteiger partial charge in [0.1, 0.15) is 5.82 Å². The van der Waals surface area contributed by atoms with Crippen LogP contribution in [-0.2, 0) is 21.4 Å². The molecule has 0 bridgehead atoms. The summed E-state index contributed by atoms with van der Waals surface area (Å²) in [5.74, 6) is -0.891. The van der Waals surface area contributed by atoms with Crippen molar-refractivity contribution in [2.45, 2.75) is 24.4 Å². The number of carbonyl (C=O) groups is 1. The highest BCUT2D eigenvalue weighted by atomic mass is 79.9. The molecule has 1 unspecified atom stereocenters. The molecule has 0 fully saturated rings. The third kappa shape index (κ3) is 6.77. The van der Waals surface area contributed by atoms with Crippen molar-refractivity contribution >= 4 is 55.1 Å². The summed E-state index contributed by atoms with van der Waals surface area (Å²) >= 11 is 15.3. The number of halogens is 4. The molecule has 0 aliphatic carbocycles. The fourth-order valence-electron chi connectivity index (χ4n) is 3.11. The van der Waals surface area contributed by atoms with Crippen LogP contribution in [0.3, 0.4) is 0 Å². The predicted molar refractivity (Wildman–Crippen MR) is 131 cm³/mol. The fourth-order valence-corrected chi connectivity index (χ4v) is 5.07. The Morgan fingerprint density at radius 1 is 1.03 bits per heavy atom. The molecule has 1 amide bonds. The SMILES string of the molecule is CC(NC(=O)CN(Cc1ccc(Cl)c(Cl)c1)S(=O)(=O)c1ccc(Br)cc1)c1ccc(F)cc1. The maximum atomic E-state index is 13.4. The minimum atomic E-state index is -4.01. The molecular formula is C23H20BrCl2FN2O3S. The number of sulfonamides is 1. The third-order valence-electron chi connectivity index (χ3n) is 4.86. The molecule has 3 rings (SSSR count). The smallest absolute Gasteiger partial charge is 0.243 e. The molecule has 0 saturated carbocycles. The first-order valence-corrected chi connectivity index (χ1v) is 12.8. The Morgan fingerprint density at radius 3 is 2.27 bits per heavy atom. The number of nitrogens with zero attached hydrogens (tertiary/aromatic N) is 1. The van der Waals surface area contributed by atoms with Crippen LogP contribution in [0.15, 0.2) is 76.1 Å². The van der Waals surface area contributed by atoms with E-state index >= 15 is 0 Å². The molecule has 0 heterocycles. The normalized spacial score (nSPS) is 12.5. The Hall–Kier alpha value is -1.97. The molecule has 10 heteroatoms. The molecule has 0 aliphatic rings. The van der Waals surface area contributed by atoms with Crippen LogP contribution in [0.1, 0.15) is 24.1 Å². The Labute approximate surface area is 210 Å². The highest BCUT2D eigenvalue weighted by molar-refractivity contribution is 9.10. The van der Waals surface area contributed by atoms with Gasteiger partial charge in [-0.2, -0.15) is 4.31 Å². The molecule has 0 aliphatic heterocycles. The number of rotatable bonds is 8. The largest absolute Gasteiger partial charge is 0.348 e. The van der Waals surface area contributed by atoms with Crippen LogP contribution in [0.4, 0.5) is 4.39 Å². The minimum Gasteiger partial charge on any atom is -0.348 e. The van der Waals surface area contributed by atoms with Crippen molar-refractivity contribution < 1.29 is 17.6 Å². The monoisotopic (exact) mass is 572 g/mol. The van der Waals surface area contributed by atoms with Crippen LogP contribution in [-0.4, -0.2) is 25.2 Å². The molecular weight excluding hydrogens is 554 g/mol. The van der Waals surface area contributed by atoms with Gasteiger partial charge in [0.25, 0.3) is 0 Å². The van der Waals surface area contributed by atoms with E-state index in [0.29, 0.717) is 16.1 Å². The van der Waals surface area contributed by atoms with Crippen molar-refractivity contribution in [2.75, 3.05) is 6.54 Å². The summed E-state index contributed by atoms with van der Waals surface area (Å²) in [5, 5.41) is 3.39. The second-order valence-electron chi connectivity index (χ2n) is 7.32. The summed E-state index contributed by atoms with van der Waals surface area (Å²) in [5.41, 5.74) is 1.26. The van der Waals surface area contributed by atoms with E-state index in [0.717, 1.165) is 8.78 Å². The second-order valence-corrected chi connectivity index (χ2v) is 11.0. The molecule has 0 saturated heterocycles. The van der Waals surface area contributed by atoms with Gasteiger partial charge in [-0.05, 0) is 66.6 Å². The number of nitrogens with one attached hydrogen (secondary N) is 1. The van der Waals surface area contributed by atoms with Gasteiger partial charge in [-0.3, -0.25) is 4.79 Å². The average Bonchev–Trinajstić information content (AvgIpc) is 2.76. The van der Waals surface area contributed by atoms with Crippen LogP contribution < -0.4 is 5.32 Å². The summed E-state index contributed by atoms with van der Waals surface area (Å²) in [6.07, 6.45) is 0.